The standard InChI is InChI=1S/C49H73F2N3O6/c1-4-6-8-10-12-14-16-18-20-36-22-24-37(25-23-36)34-53-40-28-30-48(32-40,44(55)52-3)46(58)60-47(59)49(45(56)57)31-29-41(33-49)54-35-39-27-26-38(42(50)43(39)51)21-19-17-15-13-11-9-7-5-2/h22-27,40-41,53-54H,4-21,28-35H2,1-3H3,(H,52,55)(H,56,57). The SMILES string of the molecule is CCCCCCCCCCc1ccc(CNC2CCC(C(=O)NC)(C(=O)OC(=O)C3(C(=O)O)CCC(NCc4ccc(CCCCCCCCCC)c(F)c4F)C3)C2)cc1. The molecule has 0 saturated heterocycles. The largest absolute Gasteiger partial charge is 0.480 e. The number of unbranched alkanes of at least 4 members (excludes halogenated alkanes) is 14. The maximum atomic E-state index is 15.1. The summed E-state index contributed by atoms with van der Waals surface area (Å²) in [4.78, 5) is 53.3. The minimum atomic E-state index is -2.03. The van der Waals surface area contributed by atoms with E-state index in [2.05, 4.69) is 54.1 Å². The Morgan fingerprint density at radius 1 is 0.617 bits per heavy atom. The number of rotatable bonds is 28. The second-order valence-electron chi connectivity index (χ2n) is 17.6. The molecule has 2 aromatic rings. The van der Waals surface area contributed by atoms with Crippen molar-refractivity contribution in [3.8, 4) is 0 Å². The van der Waals surface area contributed by atoms with Gasteiger partial charge in [-0.05, 0) is 80.9 Å². The van der Waals surface area contributed by atoms with Crippen molar-refractivity contribution < 1.29 is 37.8 Å². The Kier molecular flexibility index (Phi) is 20.6. The molecule has 60 heavy (non-hydrogen) atoms. The van der Waals surface area contributed by atoms with Gasteiger partial charge in [0.1, 0.15) is 5.41 Å². The van der Waals surface area contributed by atoms with Crippen LogP contribution in [0.1, 0.15) is 177 Å². The highest BCUT2D eigenvalue weighted by atomic mass is 19.2. The Balaban J connectivity index is 1.25. The van der Waals surface area contributed by atoms with E-state index in [4.69, 9.17) is 4.74 Å². The van der Waals surface area contributed by atoms with Gasteiger partial charge in [-0.25, -0.2) is 8.78 Å². The van der Waals surface area contributed by atoms with Gasteiger partial charge in [-0.3, -0.25) is 19.2 Å². The average molecular weight is 838 g/mol. The average Bonchev–Trinajstić information content (AvgIpc) is 3.90. The number of benzene rings is 2. The molecule has 11 heteroatoms. The molecular weight excluding hydrogens is 765 g/mol. The van der Waals surface area contributed by atoms with Crippen molar-refractivity contribution in [1.82, 2.24) is 16.0 Å². The fourth-order valence-electron chi connectivity index (χ4n) is 9.12. The molecule has 4 unspecified atom stereocenters. The zero-order chi connectivity index (χ0) is 43.4. The van der Waals surface area contributed by atoms with E-state index >= 15 is 8.78 Å². The van der Waals surface area contributed by atoms with Crippen LogP contribution in [0, 0.1) is 22.5 Å². The first-order valence-electron chi connectivity index (χ1n) is 23.2. The van der Waals surface area contributed by atoms with Crippen LogP contribution in [0.4, 0.5) is 8.78 Å². The van der Waals surface area contributed by atoms with Crippen LogP contribution in [0.15, 0.2) is 36.4 Å². The summed E-state index contributed by atoms with van der Waals surface area (Å²) in [7, 11) is 1.42. The fourth-order valence-corrected chi connectivity index (χ4v) is 9.12. The summed E-state index contributed by atoms with van der Waals surface area (Å²) in [5.74, 6) is -6.07. The number of ether oxygens (including phenoxy) is 1. The number of halogens is 2. The maximum Gasteiger partial charge on any atom is 0.331 e. The third-order valence-corrected chi connectivity index (χ3v) is 13.1. The van der Waals surface area contributed by atoms with Crippen molar-refractivity contribution in [2.75, 3.05) is 7.05 Å². The van der Waals surface area contributed by atoms with E-state index in [1.54, 1.807) is 12.1 Å². The van der Waals surface area contributed by atoms with Crippen LogP contribution in [0.3, 0.4) is 0 Å². The molecule has 334 valence electrons. The van der Waals surface area contributed by atoms with Gasteiger partial charge in [0, 0.05) is 37.8 Å². The molecule has 4 rings (SSSR count). The number of esters is 2. The summed E-state index contributed by atoms with van der Waals surface area (Å²) in [5, 5.41) is 19.4. The third-order valence-electron chi connectivity index (χ3n) is 13.1. The summed E-state index contributed by atoms with van der Waals surface area (Å²) in [6.45, 7) is 4.90. The first kappa shape index (κ1) is 49.0. The van der Waals surface area contributed by atoms with Crippen molar-refractivity contribution in [2.45, 2.75) is 193 Å². The Morgan fingerprint density at radius 2 is 1.07 bits per heavy atom. The predicted octanol–water partition coefficient (Wildman–Crippen LogP) is 10.2. The van der Waals surface area contributed by atoms with E-state index in [1.165, 1.54) is 89.7 Å². The molecular formula is C49H73F2N3O6. The first-order chi connectivity index (χ1) is 29.0. The normalized spacial score (nSPS) is 21.3. The number of nitrogens with one attached hydrogen (secondary N) is 3. The number of aryl methyl sites for hydroxylation is 2. The molecule has 0 bridgehead atoms. The Bertz CT molecular complexity index is 1670. The molecule has 0 spiro atoms. The van der Waals surface area contributed by atoms with Gasteiger partial charge in [-0.1, -0.05) is 140 Å². The molecule has 2 aromatic carbocycles. The van der Waals surface area contributed by atoms with Crippen molar-refractivity contribution >= 4 is 23.8 Å². The Hall–Kier alpha value is -3.70. The smallest absolute Gasteiger partial charge is 0.331 e. The number of amides is 1. The van der Waals surface area contributed by atoms with Gasteiger partial charge in [0.25, 0.3) is 0 Å². The van der Waals surface area contributed by atoms with Gasteiger partial charge >= 0.3 is 17.9 Å². The summed E-state index contributed by atoms with van der Waals surface area (Å²) in [5.41, 5.74) is -0.846. The van der Waals surface area contributed by atoms with Crippen LogP contribution < -0.4 is 16.0 Å². The highest BCUT2D eigenvalue weighted by Gasteiger charge is 2.57. The van der Waals surface area contributed by atoms with E-state index in [0.29, 0.717) is 24.9 Å². The van der Waals surface area contributed by atoms with Crippen molar-refractivity contribution in [2.24, 2.45) is 10.8 Å². The second-order valence-corrected chi connectivity index (χ2v) is 17.6. The van der Waals surface area contributed by atoms with Crippen LogP contribution >= 0.6 is 0 Å². The summed E-state index contributed by atoms with van der Waals surface area (Å²) in [6, 6.07) is 10.9. The van der Waals surface area contributed by atoms with Crippen LogP contribution in [0.5, 0.6) is 0 Å². The van der Waals surface area contributed by atoms with E-state index in [1.807, 2.05) is 0 Å². The number of aliphatic carboxylic acids is 1. The van der Waals surface area contributed by atoms with E-state index in [-0.39, 0.29) is 50.3 Å². The van der Waals surface area contributed by atoms with E-state index in [9.17, 15) is 24.3 Å². The molecule has 2 aliphatic carbocycles. The highest BCUT2D eigenvalue weighted by Crippen LogP contribution is 2.44. The predicted molar refractivity (Wildman–Crippen MR) is 232 cm³/mol. The van der Waals surface area contributed by atoms with Gasteiger partial charge in [-0.2, -0.15) is 0 Å². The lowest BCUT2D eigenvalue weighted by Crippen LogP contribution is -2.49. The molecule has 2 aliphatic rings. The van der Waals surface area contributed by atoms with Gasteiger partial charge in [0.15, 0.2) is 17.0 Å². The minimum absolute atomic E-state index is 0.0627. The molecule has 2 fully saturated rings. The first-order valence-corrected chi connectivity index (χ1v) is 23.2. The van der Waals surface area contributed by atoms with Crippen LogP contribution in [-0.2, 0) is 49.8 Å². The molecule has 4 N–H and O–H groups in total. The lowest BCUT2D eigenvalue weighted by atomic mass is 9.83. The highest BCUT2D eigenvalue weighted by molar-refractivity contribution is 6.09. The quantitative estimate of drug-likeness (QED) is 0.0378. The molecule has 0 heterocycles. The van der Waals surface area contributed by atoms with Crippen LogP contribution in [-0.4, -0.2) is 48.1 Å². The second kappa shape index (κ2) is 25.3. The molecule has 0 aromatic heterocycles. The Labute approximate surface area is 358 Å². The maximum absolute atomic E-state index is 15.1. The topological polar surface area (TPSA) is 134 Å². The molecule has 0 aliphatic heterocycles. The zero-order valence-corrected chi connectivity index (χ0v) is 36.7. The van der Waals surface area contributed by atoms with E-state index < -0.39 is 52.3 Å². The molecule has 0 radical (unpaired) electrons. The van der Waals surface area contributed by atoms with Crippen LogP contribution in [0.25, 0.3) is 0 Å². The van der Waals surface area contributed by atoms with Crippen molar-refractivity contribution in [3.05, 3.63) is 70.3 Å². The molecule has 2 saturated carbocycles. The van der Waals surface area contributed by atoms with Gasteiger partial charge in [-0.15, -0.1) is 0 Å². The zero-order valence-electron chi connectivity index (χ0n) is 36.7. The molecule has 1 amide bonds. The molecule has 4 atom stereocenters. The monoisotopic (exact) mass is 838 g/mol. The van der Waals surface area contributed by atoms with Gasteiger partial charge in [0.05, 0.1) is 0 Å². The van der Waals surface area contributed by atoms with E-state index in [0.717, 1.165) is 37.7 Å². The summed E-state index contributed by atoms with van der Waals surface area (Å²) in [6.07, 6.45) is 21.3. The third kappa shape index (κ3) is 13.9. The van der Waals surface area contributed by atoms with Gasteiger partial charge in [0.2, 0.25) is 5.91 Å². The summed E-state index contributed by atoms with van der Waals surface area (Å²) < 4.78 is 35.5. The lowest BCUT2D eigenvalue weighted by Gasteiger charge is -2.28. The van der Waals surface area contributed by atoms with Crippen LogP contribution in [0.2, 0.25) is 0 Å². The number of carboxylic acids is 1. The summed E-state index contributed by atoms with van der Waals surface area (Å²) >= 11 is 0. The lowest BCUT2D eigenvalue weighted by molar-refractivity contribution is -0.179. The molecule has 9 nitrogen and oxygen atoms in total. The number of carboxylic acid groups (broad SMARTS) is 1. The number of hydrogen-bond donors (Lipinski definition) is 4. The minimum Gasteiger partial charge on any atom is -0.480 e. The van der Waals surface area contributed by atoms with Gasteiger partial charge < -0.3 is 25.8 Å². The Morgan fingerprint density at radius 3 is 1.63 bits per heavy atom. The number of hydrogen-bond acceptors (Lipinski definition) is 7. The van der Waals surface area contributed by atoms with Crippen molar-refractivity contribution in [3.63, 3.8) is 0 Å². The number of carbonyl (C=O) groups is 4. The fraction of sp³-hybridized carbons (Fsp3) is 0.673. The van der Waals surface area contributed by atoms with Crippen molar-refractivity contribution in [1.29, 1.82) is 0 Å². The number of carbonyl (C=O) groups excluding carboxylic acids is 3.